The molecule has 0 aliphatic heterocycles. The molecule has 0 bridgehead atoms. The third kappa shape index (κ3) is 2.44. The molecule has 3 rings (SSSR count). The standard InChI is InChI=1S/C15H13ClN2S/c1-9-6-7-11(8-12(9)16)17-15-18-14-10(2)4-3-5-13(14)19-15/h3-8H,1-2H3,(H,17,18). The number of nitrogens with one attached hydrogen (secondary N) is 1. The number of hydrogen-bond acceptors (Lipinski definition) is 3. The quantitative estimate of drug-likeness (QED) is 0.691. The molecule has 0 aliphatic rings. The predicted octanol–water partition coefficient (Wildman–Crippen LogP) is 5.31. The predicted molar refractivity (Wildman–Crippen MR) is 83.8 cm³/mol. The van der Waals surface area contributed by atoms with E-state index in [-0.39, 0.29) is 0 Å². The largest absolute Gasteiger partial charge is 0.331 e. The first-order chi connectivity index (χ1) is 9.13. The number of aryl methyl sites for hydroxylation is 2. The van der Waals surface area contributed by atoms with E-state index in [1.807, 2.05) is 25.1 Å². The third-order valence-electron chi connectivity index (χ3n) is 3.04. The first-order valence-corrected chi connectivity index (χ1v) is 7.22. The topological polar surface area (TPSA) is 24.9 Å². The Morgan fingerprint density at radius 3 is 2.68 bits per heavy atom. The number of benzene rings is 2. The zero-order valence-electron chi connectivity index (χ0n) is 10.7. The van der Waals surface area contributed by atoms with Gasteiger partial charge in [0.2, 0.25) is 0 Å². The van der Waals surface area contributed by atoms with Crippen LogP contribution in [0, 0.1) is 13.8 Å². The van der Waals surface area contributed by atoms with Crippen LogP contribution in [-0.2, 0) is 0 Å². The van der Waals surface area contributed by atoms with Crippen molar-refractivity contribution in [2.24, 2.45) is 0 Å². The number of anilines is 2. The molecule has 0 fully saturated rings. The van der Waals surface area contributed by atoms with Crippen molar-refractivity contribution >= 4 is 44.0 Å². The van der Waals surface area contributed by atoms with Gasteiger partial charge in [-0.1, -0.05) is 41.1 Å². The Hall–Kier alpha value is -1.58. The number of thiazole rings is 1. The van der Waals surface area contributed by atoms with E-state index >= 15 is 0 Å². The van der Waals surface area contributed by atoms with E-state index in [0.29, 0.717) is 0 Å². The maximum absolute atomic E-state index is 6.13. The van der Waals surface area contributed by atoms with Gasteiger partial charge in [0, 0.05) is 10.7 Å². The van der Waals surface area contributed by atoms with Crippen molar-refractivity contribution in [2.75, 3.05) is 5.32 Å². The van der Waals surface area contributed by atoms with E-state index in [2.05, 4.69) is 35.4 Å². The van der Waals surface area contributed by atoms with Crippen LogP contribution < -0.4 is 5.32 Å². The van der Waals surface area contributed by atoms with Crippen LogP contribution >= 0.6 is 22.9 Å². The number of rotatable bonds is 2. The van der Waals surface area contributed by atoms with E-state index < -0.39 is 0 Å². The molecule has 19 heavy (non-hydrogen) atoms. The second-order valence-electron chi connectivity index (χ2n) is 4.53. The number of aromatic nitrogens is 1. The minimum Gasteiger partial charge on any atom is -0.331 e. The molecule has 2 nitrogen and oxygen atoms in total. The lowest BCUT2D eigenvalue weighted by Gasteiger charge is -2.04. The molecular weight excluding hydrogens is 276 g/mol. The minimum absolute atomic E-state index is 0.766. The van der Waals surface area contributed by atoms with Gasteiger partial charge in [0.1, 0.15) is 0 Å². The van der Waals surface area contributed by atoms with Gasteiger partial charge in [-0.15, -0.1) is 0 Å². The Morgan fingerprint density at radius 1 is 1.11 bits per heavy atom. The van der Waals surface area contributed by atoms with Crippen LogP contribution in [0.5, 0.6) is 0 Å². The molecule has 96 valence electrons. The summed E-state index contributed by atoms with van der Waals surface area (Å²) in [5, 5.41) is 4.97. The lowest BCUT2D eigenvalue weighted by Crippen LogP contribution is -1.89. The minimum atomic E-state index is 0.766. The van der Waals surface area contributed by atoms with Crippen molar-refractivity contribution in [1.82, 2.24) is 4.98 Å². The second kappa shape index (κ2) is 4.83. The van der Waals surface area contributed by atoms with E-state index in [9.17, 15) is 0 Å². The molecule has 0 unspecified atom stereocenters. The monoisotopic (exact) mass is 288 g/mol. The lowest BCUT2D eigenvalue weighted by molar-refractivity contribution is 1.39. The van der Waals surface area contributed by atoms with Gasteiger partial charge in [0.25, 0.3) is 0 Å². The molecule has 4 heteroatoms. The fourth-order valence-corrected chi connectivity index (χ4v) is 3.08. The van der Waals surface area contributed by atoms with Crippen LogP contribution in [0.3, 0.4) is 0 Å². The summed E-state index contributed by atoms with van der Waals surface area (Å²) in [5.41, 5.74) is 4.30. The number of halogens is 1. The van der Waals surface area contributed by atoms with Crippen molar-refractivity contribution in [1.29, 1.82) is 0 Å². The molecule has 0 amide bonds. The molecule has 1 aromatic heterocycles. The van der Waals surface area contributed by atoms with Crippen molar-refractivity contribution in [2.45, 2.75) is 13.8 Å². The Bertz CT molecular complexity index is 749. The SMILES string of the molecule is Cc1ccc(Nc2nc3c(C)cccc3s2)cc1Cl. The van der Waals surface area contributed by atoms with Gasteiger partial charge in [0.15, 0.2) is 5.13 Å². The van der Waals surface area contributed by atoms with E-state index in [0.717, 1.165) is 26.9 Å². The highest BCUT2D eigenvalue weighted by Gasteiger charge is 2.06. The van der Waals surface area contributed by atoms with Crippen molar-refractivity contribution in [3.63, 3.8) is 0 Å². The highest BCUT2D eigenvalue weighted by atomic mass is 35.5. The Kier molecular flexibility index (Phi) is 3.17. The van der Waals surface area contributed by atoms with Crippen LogP contribution in [0.15, 0.2) is 36.4 Å². The smallest absolute Gasteiger partial charge is 0.188 e. The van der Waals surface area contributed by atoms with Crippen LogP contribution in [0.1, 0.15) is 11.1 Å². The molecule has 0 aliphatic carbocycles. The fraction of sp³-hybridized carbons (Fsp3) is 0.133. The average molecular weight is 289 g/mol. The van der Waals surface area contributed by atoms with Crippen LogP contribution in [-0.4, -0.2) is 4.98 Å². The second-order valence-corrected chi connectivity index (χ2v) is 5.97. The first kappa shape index (κ1) is 12.5. The van der Waals surface area contributed by atoms with Crippen LogP contribution in [0.2, 0.25) is 5.02 Å². The molecule has 0 radical (unpaired) electrons. The average Bonchev–Trinajstić information content (AvgIpc) is 2.78. The van der Waals surface area contributed by atoms with Gasteiger partial charge in [-0.25, -0.2) is 4.98 Å². The molecule has 1 N–H and O–H groups in total. The Labute approximate surface area is 121 Å². The zero-order chi connectivity index (χ0) is 13.4. The van der Waals surface area contributed by atoms with Crippen molar-refractivity contribution in [3.05, 3.63) is 52.5 Å². The van der Waals surface area contributed by atoms with Crippen molar-refractivity contribution in [3.8, 4) is 0 Å². The summed E-state index contributed by atoms with van der Waals surface area (Å²) in [6, 6.07) is 12.2. The Morgan fingerprint density at radius 2 is 1.95 bits per heavy atom. The van der Waals surface area contributed by atoms with E-state index in [1.54, 1.807) is 11.3 Å². The number of fused-ring (bicyclic) bond motifs is 1. The highest BCUT2D eigenvalue weighted by molar-refractivity contribution is 7.22. The van der Waals surface area contributed by atoms with Crippen molar-refractivity contribution < 1.29 is 0 Å². The molecule has 2 aromatic carbocycles. The van der Waals surface area contributed by atoms with Crippen LogP contribution in [0.25, 0.3) is 10.2 Å². The maximum Gasteiger partial charge on any atom is 0.188 e. The summed E-state index contributed by atoms with van der Waals surface area (Å²) in [5.74, 6) is 0. The van der Waals surface area contributed by atoms with E-state index in [4.69, 9.17) is 11.6 Å². The zero-order valence-corrected chi connectivity index (χ0v) is 12.3. The molecule has 0 spiro atoms. The molecule has 1 heterocycles. The summed E-state index contributed by atoms with van der Waals surface area (Å²) < 4.78 is 1.20. The summed E-state index contributed by atoms with van der Waals surface area (Å²) in [7, 11) is 0. The summed E-state index contributed by atoms with van der Waals surface area (Å²) in [6.07, 6.45) is 0. The van der Waals surface area contributed by atoms with Gasteiger partial charge in [-0.2, -0.15) is 0 Å². The molecule has 0 saturated carbocycles. The summed E-state index contributed by atoms with van der Waals surface area (Å²) in [4.78, 5) is 4.62. The number of nitrogens with zero attached hydrogens (tertiary/aromatic N) is 1. The highest BCUT2D eigenvalue weighted by Crippen LogP contribution is 2.31. The molecule has 3 aromatic rings. The first-order valence-electron chi connectivity index (χ1n) is 6.03. The van der Waals surface area contributed by atoms with Gasteiger partial charge >= 0.3 is 0 Å². The van der Waals surface area contributed by atoms with Gasteiger partial charge in [-0.05, 0) is 43.2 Å². The summed E-state index contributed by atoms with van der Waals surface area (Å²) in [6.45, 7) is 4.07. The number of hydrogen-bond donors (Lipinski definition) is 1. The van der Waals surface area contributed by atoms with Gasteiger partial charge < -0.3 is 5.32 Å². The third-order valence-corrected chi connectivity index (χ3v) is 4.39. The van der Waals surface area contributed by atoms with Gasteiger partial charge in [-0.3, -0.25) is 0 Å². The fourth-order valence-electron chi connectivity index (χ4n) is 1.93. The normalized spacial score (nSPS) is 10.9. The molecule has 0 atom stereocenters. The van der Waals surface area contributed by atoms with Gasteiger partial charge in [0.05, 0.1) is 10.2 Å². The molecular formula is C15H13ClN2S. The summed E-state index contributed by atoms with van der Waals surface area (Å²) >= 11 is 7.78. The van der Waals surface area contributed by atoms with Crippen LogP contribution in [0.4, 0.5) is 10.8 Å². The maximum atomic E-state index is 6.13. The Balaban J connectivity index is 1.96. The number of para-hydroxylation sites is 1. The van der Waals surface area contributed by atoms with E-state index in [1.165, 1.54) is 10.3 Å². The lowest BCUT2D eigenvalue weighted by atomic mass is 10.2. The molecule has 0 saturated heterocycles.